The Labute approximate surface area is 155 Å². The van der Waals surface area contributed by atoms with Crippen LogP contribution in [-0.4, -0.2) is 16.7 Å². The molecule has 0 unspecified atom stereocenters. The number of amides is 1. The fourth-order valence-corrected chi connectivity index (χ4v) is 3.52. The Morgan fingerprint density at radius 3 is 2.72 bits per heavy atom. The molecule has 25 heavy (non-hydrogen) atoms. The highest BCUT2D eigenvalue weighted by Gasteiger charge is 2.09. The van der Waals surface area contributed by atoms with Crippen molar-refractivity contribution in [1.29, 1.82) is 0 Å². The maximum Gasteiger partial charge on any atom is 0.245 e. The van der Waals surface area contributed by atoms with Gasteiger partial charge < -0.3 is 4.57 Å². The van der Waals surface area contributed by atoms with Gasteiger partial charge in [-0.25, -0.2) is 5.43 Å². The molecule has 0 saturated carbocycles. The van der Waals surface area contributed by atoms with Gasteiger partial charge in [-0.15, -0.1) is 11.3 Å². The first-order valence-electron chi connectivity index (χ1n) is 7.84. The summed E-state index contributed by atoms with van der Waals surface area (Å²) in [6.45, 7) is 4.06. The lowest BCUT2D eigenvalue weighted by atomic mass is 10.2. The summed E-state index contributed by atoms with van der Waals surface area (Å²) in [6.07, 6.45) is 2.03. The molecule has 4 nitrogen and oxygen atoms in total. The van der Waals surface area contributed by atoms with Gasteiger partial charge >= 0.3 is 0 Å². The number of thiophene rings is 1. The van der Waals surface area contributed by atoms with Crippen LogP contribution in [0, 0.1) is 13.8 Å². The Hall–Kier alpha value is -2.37. The quantitative estimate of drug-likeness (QED) is 0.521. The maximum absolute atomic E-state index is 11.9. The van der Waals surface area contributed by atoms with Gasteiger partial charge in [-0.3, -0.25) is 4.79 Å². The average Bonchev–Trinajstić information content (AvgIpc) is 3.17. The highest BCUT2D eigenvalue weighted by atomic mass is 35.5. The molecule has 1 aromatic carbocycles. The summed E-state index contributed by atoms with van der Waals surface area (Å²) in [5.41, 5.74) is 6.73. The van der Waals surface area contributed by atoms with E-state index in [0.717, 1.165) is 27.5 Å². The molecular formula is C19H18ClN3OS. The lowest BCUT2D eigenvalue weighted by Gasteiger charge is -2.09. The summed E-state index contributed by atoms with van der Waals surface area (Å²) < 4.78 is 2.13. The Morgan fingerprint density at radius 1 is 1.28 bits per heavy atom. The van der Waals surface area contributed by atoms with E-state index >= 15 is 0 Å². The van der Waals surface area contributed by atoms with Crippen LogP contribution < -0.4 is 5.43 Å². The molecule has 0 fully saturated rings. The monoisotopic (exact) mass is 371 g/mol. The molecule has 1 amide bonds. The number of rotatable bonds is 5. The number of carbonyl (C=O) groups excluding carboxylic acids is 1. The summed E-state index contributed by atoms with van der Waals surface area (Å²) >= 11 is 7.52. The second kappa shape index (κ2) is 7.68. The SMILES string of the molecule is Cc1cc(/C=N/NC(=O)Cc2cccs2)c(C)n1-c1ccc(Cl)cc1. The molecule has 2 heterocycles. The molecule has 0 saturated heterocycles. The number of benzene rings is 1. The van der Waals surface area contributed by atoms with Crippen molar-refractivity contribution in [2.45, 2.75) is 20.3 Å². The average molecular weight is 372 g/mol. The molecule has 0 bridgehead atoms. The molecule has 0 atom stereocenters. The van der Waals surface area contributed by atoms with Crippen LogP contribution in [0.25, 0.3) is 5.69 Å². The van der Waals surface area contributed by atoms with Gasteiger partial charge in [0.25, 0.3) is 0 Å². The fourth-order valence-electron chi connectivity index (χ4n) is 2.69. The van der Waals surface area contributed by atoms with E-state index in [-0.39, 0.29) is 5.91 Å². The fraction of sp³-hybridized carbons (Fsp3) is 0.158. The third kappa shape index (κ3) is 4.18. The smallest absolute Gasteiger partial charge is 0.245 e. The van der Waals surface area contributed by atoms with Crippen LogP contribution in [0.2, 0.25) is 5.02 Å². The van der Waals surface area contributed by atoms with Gasteiger partial charge in [0.1, 0.15) is 0 Å². The molecule has 2 aromatic heterocycles. The van der Waals surface area contributed by atoms with E-state index in [4.69, 9.17) is 11.6 Å². The normalized spacial score (nSPS) is 11.2. The van der Waals surface area contributed by atoms with Crippen LogP contribution in [0.5, 0.6) is 0 Å². The first-order chi connectivity index (χ1) is 12.0. The van der Waals surface area contributed by atoms with Crippen LogP contribution in [0.1, 0.15) is 21.8 Å². The molecule has 6 heteroatoms. The van der Waals surface area contributed by atoms with Crippen molar-refractivity contribution < 1.29 is 4.79 Å². The summed E-state index contributed by atoms with van der Waals surface area (Å²) in [4.78, 5) is 12.9. The molecule has 3 aromatic rings. The lowest BCUT2D eigenvalue weighted by Crippen LogP contribution is -2.19. The van der Waals surface area contributed by atoms with Crippen molar-refractivity contribution in [3.63, 3.8) is 0 Å². The van der Waals surface area contributed by atoms with Crippen LogP contribution in [-0.2, 0) is 11.2 Å². The van der Waals surface area contributed by atoms with E-state index in [2.05, 4.69) is 15.1 Å². The van der Waals surface area contributed by atoms with Gasteiger partial charge in [-0.05, 0) is 55.6 Å². The van der Waals surface area contributed by atoms with Gasteiger partial charge in [-0.2, -0.15) is 5.10 Å². The molecule has 0 spiro atoms. The van der Waals surface area contributed by atoms with Crippen molar-refractivity contribution in [1.82, 2.24) is 9.99 Å². The molecule has 0 aliphatic rings. The van der Waals surface area contributed by atoms with E-state index in [1.807, 2.05) is 61.7 Å². The summed E-state index contributed by atoms with van der Waals surface area (Å²) in [5.74, 6) is -0.120. The summed E-state index contributed by atoms with van der Waals surface area (Å²) in [6, 6.07) is 13.6. The summed E-state index contributed by atoms with van der Waals surface area (Å²) in [5, 5.41) is 6.76. The van der Waals surface area contributed by atoms with Gasteiger partial charge in [0, 0.05) is 32.5 Å². The number of aromatic nitrogens is 1. The zero-order chi connectivity index (χ0) is 17.8. The number of carbonyl (C=O) groups is 1. The minimum absolute atomic E-state index is 0.120. The minimum Gasteiger partial charge on any atom is -0.318 e. The molecule has 0 aliphatic carbocycles. The van der Waals surface area contributed by atoms with Crippen LogP contribution >= 0.6 is 22.9 Å². The molecule has 128 valence electrons. The van der Waals surface area contributed by atoms with Crippen molar-refractivity contribution in [3.8, 4) is 5.69 Å². The van der Waals surface area contributed by atoms with Crippen molar-refractivity contribution >= 4 is 35.1 Å². The van der Waals surface area contributed by atoms with E-state index < -0.39 is 0 Å². The minimum atomic E-state index is -0.120. The molecule has 1 N–H and O–H groups in total. The zero-order valence-corrected chi connectivity index (χ0v) is 15.6. The number of halogens is 1. The number of nitrogens with zero attached hydrogens (tertiary/aromatic N) is 2. The zero-order valence-electron chi connectivity index (χ0n) is 14.0. The molecule has 3 rings (SSSR count). The van der Waals surface area contributed by atoms with Gasteiger partial charge in [0.2, 0.25) is 5.91 Å². The van der Waals surface area contributed by atoms with E-state index in [1.54, 1.807) is 17.6 Å². The number of hydrogen-bond donors (Lipinski definition) is 1. The van der Waals surface area contributed by atoms with Crippen molar-refractivity contribution in [2.24, 2.45) is 5.10 Å². The Kier molecular flexibility index (Phi) is 5.36. The van der Waals surface area contributed by atoms with Crippen LogP contribution in [0.3, 0.4) is 0 Å². The predicted molar refractivity (Wildman–Crippen MR) is 104 cm³/mol. The first kappa shape index (κ1) is 17.5. The van der Waals surface area contributed by atoms with E-state index in [1.165, 1.54) is 0 Å². The van der Waals surface area contributed by atoms with Crippen molar-refractivity contribution in [3.05, 3.63) is 74.7 Å². The highest BCUT2D eigenvalue weighted by molar-refractivity contribution is 7.10. The molecule has 0 radical (unpaired) electrons. The molecule has 0 aliphatic heterocycles. The predicted octanol–water partition coefficient (Wildman–Crippen LogP) is 4.50. The van der Waals surface area contributed by atoms with Crippen LogP contribution in [0.15, 0.2) is 52.9 Å². The lowest BCUT2D eigenvalue weighted by molar-refractivity contribution is -0.120. The topological polar surface area (TPSA) is 46.4 Å². The largest absolute Gasteiger partial charge is 0.318 e. The highest BCUT2D eigenvalue weighted by Crippen LogP contribution is 2.21. The second-order valence-electron chi connectivity index (χ2n) is 5.69. The van der Waals surface area contributed by atoms with Gasteiger partial charge in [0.05, 0.1) is 12.6 Å². The van der Waals surface area contributed by atoms with E-state index in [9.17, 15) is 4.79 Å². The van der Waals surface area contributed by atoms with E-state index in [0.29, 0.717) is 11.4 Å². The van der Waals surface area contributed by atoms with Crippen LogP contribution in [0.4, 0.5) is 0 Å². The molecular weight excluding hydrogens is 354 g/mol. The Bertz CT molecular complexity index is 896. The van der Waals surface area contributed by atoms with Gasteiger partial charge in [0.15, 0.2) is 0 Å². The summed E-state index contributed by atoms with van der Waals surface area (Å²) in [7, 11) is 0. The van der Waals surface area contributed by atoms with Crippen molar-refractivity contribution in [2.75, 3.05) is 0 Å². The Balaban J connectivity index is 1.72. The van der Waals surface area contributed by atoms with Gasteiger partial charge in [-0.1, -0.05) is 17.7 Å². The number of hydrazone groups is 1. The number of nitrogens with one attached hydrogen (secondary N) is 1. The number of hydrogen-bond acceptors (Lipinski definition) is 3. The Morgan fingerprint density at radius 2 is 2.04 bits per heavy atom. The maximum atomic E-state index is 11.9. The second-order valence-corrected chi connectivity index (χ2v) is 7.16. The number of aryl methyl sites for hydroxylation is 1. The third-order valence-corrected chi connectivity index (χ3v) is 4.99. The third-order valence-electron chi connectivity index (χ3n) is 3.86. The standard InChI is InChI=1S/C19H18ClN3OS/c1-13-10-15(12-21-22-19(24)11-18-4-3-9-25-18)14(2)23(13)17-7-5-16(20)6-8-17/h3-10,12H,11H2,1-2H3,(H,22,24)/b21-12+. The first-order valence-corrected chi connectivity index (χ1v) is 9.09.